The number of ether oxygens (including phenoxy) is 2. The van der Waals surface area contributed by atoms with Crippen molar-refractivity contribution < 1.29 is 23.9 Å². The molecule has 1 heterocycles. The number of benzene rings is 1. The molecule has 1 aliphatic heterocycles. The SMILES string of the molecule is CCOC(=O)C(C)(C)C(=O)C(C)(C)N1COC(C)=C(c2ccccc2)C1=O. The summed E-state index contributed by atoms with van der Waals surface area (Å²) in [5.74, 6) is -0.806. The standard InChI is InChI=1S/C21H27NO5/c1-7-26-19(25)20(3,4)18(24)21(5,6)22-13-27-14(2)16(17(22)23)15-11-9-8-10-12-15/h8-12H,7,13H2,1-6H3. The molecule has 0 spiro atoms. The van der Waals surface area contributed by atoms with Gasteiger partial charge in [-0.1, -0.05) is 30.3 Å². The minimum Gasteiger partial charge on any atom is -0.477 e. The predicted molar refractivity (Wildman–Crippen MR) is 101 cm³/mol. The van der Waals surface area contributed by atoms with Crippen LogP contribution >= 0.6 is 0 Å². The number of amides is 1. The van der Waals surface area contributed by atoms with E-state index >= 15 is 0 Å². The second-order valence-electron chi connectivity index (χ2n) is 7.54. The Kier molecular flexibility index (Phi) is 5.78. The molecule has 1 aromatic rings. The Morgan fingerprint density at radius 3 is 2.30 bits per heavy atom. The van der Waals surface area contributed by atoms with Crippen LogP contribution < -0.4 is 0 Å². The van der Waals surface area contributed by atoms with E-state index < -0.39 is 22.7 Å². The van der Waals surface area contributed by atoms with Crippen molar-refractivity contribution in [2.75, 3.05) is 13.3 Å². The van der Waals surface area contributed by atoms with Crippen molar-refractivity contribution in [3.63, 3.8) is 0 Å². The van der Waals surface area contributed by atoms with Crippen molar-refractivity contribution in [3.05, 3.63) is 41.7 Å². The Morgan fingerprint density at radius 1 is 1.15 bits per heavy atom. The van der Waals surface area contributed by atoms with Crippen LogP contribution in [0.15, 0.2) is 36.1 Å². The van der Waals surface area contributed by atoms with Gasteiger partial charge < -0.3 is 9.47 Å². The fourth-order valence-electron chi connectivity index (χ4n) is 3.22. The molecule has 0 unspecified atom stereocenters. The first-order valence-corrected chi connectivity index (χ1v) is 8.98. The number of ketones is 1. The maximum absolute atomic E-state index is 13.2. The Labute approximate surface area is 160 Å². The van der Waals surface area contributed by atoms with Crippen molar-refractivity contribution in [1.29, 1.82) is 0 Å². The number of carbonyl (C=O) groups excluding carboxylic acids is 3. The van der Waals surface area contributed by atoms with Gasteiger partial charge in [0.05, 0.1) is 12.2 Å². The van der Waals surface area contributed by atoms with Gasteiger partial charge in [0.25, 0.3) is 5.91 Å². The van der Waals surface area contributed by atoms with Gasteiger partial charge in [-0.3, -0.25) is 19.3 Å². The van der Waals surface area contributed by atoms with E-state index in [0.717, 1.165) is 5.56 Å². The maximum atomic E-state index is 13.2. The van der Waals surface area contributed by atoms with Gasteiger partial charge in [0.2, 0.25) is 0 Å². The molecule has 6 nitrogen and oxygen atoms in total. The third-order valence-corrected chi connectivity index (χ3v) is 4.87. The second kappa shape index (κ2) is 7.55. The summed E-state index contributed by atoms with van der Waals surface area (Å²) in [6, 6.07) is 9.17. The van der Waals surface area contributed by atoms with E-state index in [4.69, 9.17) is 9.47 Å². The quantitative estimate of drug-likeness (QED) is 0.566. The van der Waals surface area contributed by atoms with Gasteiger partial charge in [-0.15, -0.1) is 0 Å². The van der Waals surface area contributed by atoms with Crippen molar-refractivity contribution >= 4 is 23.2 Å². The number of allylic oxidation sites excluding steroid dienone is 1. The van der Waals surface area contributed by atoms with Gasteiger partial charge in [-0.2, -0.15) is 0 Å². The van der Waals surface area contributed by atoms with Crippen LogP contribution in [0.25, 0.3) is 5.57 Å². The molecule has 0 bridgehead atoms. The molecule has 0 saturated heterocycles. The third-order valence-electron chi connectivity index (χ3n) is 4.87. The molecule has 1 aromatic carbocycles. The Balaban J connectivity index is 2.38. The van der Waals surface area contributed by atoms with Gasteiger partial charge in [0.15, 0.2) is 12.5 Å². The first kappa shape index (κ1) is 20.7. The van der Waals surface area contributed by atoms with Crippen LogP contribution in [0.3, 0.4) is 0 Å². The molecule has 27 heavy (non-hydrogen) atoms. The average Bonchev–Trinajstić information content (AvgIpc) is 2.62. The molecule has 0 saturated carbocycles. The number of Topliss-reactive ketones (excluding diaryl/α,β-unsaturated/α-hetero) is 1. The van der Waals surface area contributed by atoms with E-state index in [0.29, 0.717) is 11.3 Å². The molecular formula is C21H27NO5. The molecule has 1 aliphatic rings. The highest BCUT2D eigenvalue weighted by Crippen LogP contribution is 2.34. The van der Waals surface area contributed by atoms with Crippen molar-refractivity contribution in [2.45, 2.75) is 47.1 Å². The Hall–Kier alpha value is -2.63. The molecule has 1 amide bonds. The van der Waals surface area contributed by atoms with E-state index in [9.17, 15) is 14.4 Å². The number of hydrogen-bond acceptors (Lipinski definition) is 5. The summed E-state index contributed by atoms with van der Waals surface area (Å²) in [5, 5.41) is 0. The number of esters is 1. The van der Waals surface area contributed by atoms with Gasteiger partial charge in [0.1, 0.15) is 16.7 Å². The summed E-state index contributed by atoms with van der Waals surface area (Å²) >= 11 is 0. The van der Waals surface area contributed by atoms with Crippen LogP contribution in [-0.2, 0) is 23.9 Å². The van der Waals surface area contributed by atoms with Crippen molar-refractivity contribution in [2.24, 2.45) is 5.41 Å². The lowest BCUT2D eigenvalue weighted by atomic mass is 9.77. The van der Waals surface area contributed by atoms with Crippen LogP contribution in [0.4, 0.5) is 0 Å². The molecule has 0 radical (unpaired) electrons. The Morgan fingerprint density at radius 2 is 1.74 bits per heavy atom. The van der Waals surface area contributed by atoms with Crippen LogP contribution in [0.2, 0.25) is 0 Å². The molecule has 146 valence electrons. The lowest BCUT2D eigenvalue weighted by Crippen LogP contribution is -2.60. The zero-order valence-corrected chi connectivity index (χ0v) is 16.8. The van der Waals surface area contributed by atoms with E-state index in [1.165, 1.54) is 18.7 Å². The van der Waals surface area contributed by atoms with Crippen LogP contribution in [-0.4, -0.2) is 41.4 Å². The van der Waals surface area contributed by atoms with Gasteiger partial charge in [-0.05, 0) is 47.1 Å². The topological polar surface area (TPSA) is 72.9 Å². The first-order chi connectivity index (χ1) is 12.5. The number of nitrogens with zero attached hydrogens (tertiary/aromatic N) is 1. The zero-order chi connectivity index (χ0) is 20.4. The molecule has 6 heteroatoms. The van der Waals surface area contributed by atoms with Crippen LogP contribution in [0.5, 0.6) is 0 Å². The van der Waals surface area contributed by atoms with Crippen LogP contribution in [0, 0.1) is 5.41 Å². The summed E-state index contributed by atoms with van der Waals surface area (Å²) in [6.07, 6.45) is 0. The normalized spacial score (nSPS) is 15.5. The van der Waals surface area contributed by atoms with E-state index in [2.05, 4.69) is 0 Å². The molecular weight excluding hydrogens is 346 g/mol. The largest absolute Gasteiger partial charge is 0.477 e. The highest BCUT2D eigenvalue weighted by molar-refractivity contribution is 6.22. The molecule has 0 fully saturated rings. The highest BCUT2D eigenvalue weighted by atomic mass is 16.5. The number of rotatable bonds is 6. The van der Waals surface area contributed by atoms with E-state index in [-0.39, 0.29) is 19.2 Å². The highest BCUT2D eigenvalue weighted by Gasteiger charge is 2.50. The van der Waals surface area contributed by atoms with E-state index in [1.54, 1.807) is 27.7 Å². The van der Waals surface area contributed by atoms with E-state index in [1.807, 2.05) is 30.3 Å². The van der Waals surface area contributed by atoms with Gasteiger partial charge in [0, 0.05) is 0 Å². The monoisotopic (exact) mass is 373 g/mol. The molecule has 0 aromatic heterocycles. The number of hydrogen-bond donors (Lipinski definition) is 0. The Bertz CT molecular complexity index is 777. The number of carbonyl (C=O) groups is 3. The second-order valence-corrected chi connectivity index (χ2v) is 7.54. The summed E-state index contributed by atoms with van der Waals surface area (Å²) in [6.45, 7) is 9.83. The van der Waals surface area contributed by atoms with Gasteiger partial charge >= 0.3 is 5.97 Å². The predicted octanol–water partition coefficient (Wildman–Crippen LogP) is 3.17. The summed E-state index contributed by atoms with van der Waals surface area (Å²) in [7, 11) is 0. The van der Waals surface area contributed by atoms with Crippen molar-refractivity contribution in [3.8, 4) is 0 Å². The lowest BCUT2D eigenvalue weighted by molar-refractivity contribution is -0.165. The molecule has 0 N–H and O–H groups in total. The fourth-order valence-corrected chi connectivity index (χ4v) is 3.22. The van der Waals surface area contributed by atoms with Crippen LogP contribution in [0.1, 0.15) is 47.1 Å². The average molecular weight is 373 g/mol. The minimum atomic E-state index is -1.39. The fraction of sp³-hybridized carbons (Fsp3) is 0.476. The summed E-state index contributed by atoms with van der Waals surface area (Å²) in [4.78, 5) is 40.1. The smallest absolute Gasteiger partial charge is 0.319 e. The molecule has 2 rings (SSSR count). The minimum absolute atomic E-state index is 0.0569. The third kappa shape index (κ3) is 3.75. The first-order valence-electron chi connectivity index (χ1n) is 8.98. The zero-order valence-electron chi connectivity index (χ0n) is 16.8. The van der Waals surface area contributed by atoms with Crippen molar-refractivity contribution in [1.82, 2.24) is 4.90 Å². The maximum Gasteiger partial charge on any atom is 0.319 e. The molecule has 0 aliphatic carbocycles. The van der Waals surface area contributed by atoms with Gasteiger partial charge in [-0.25, -0.2) is 0 Å². The molecule has 0 atom stereocenters. The summed E-state index contributed by atoms with van der Waals surface area (Å²) < 4.78 is 10.7. The lowest BCUT2D eigenvalue weighted by Gasteiger charge is -2.42. The summed E-state index contributed by atoms with van der Waals surface area (Å²) in [5.41, 5.74) is -1.51.